The maximum absolute atomic E-state index is 12.1. The van der Waals surface area contributed by atoms with Crippen molar-refractivity contribution >= 4 is 27.3 Å². The molecular formula is C13H20N2O3S2. The third kappa shape index (κ3) is 3.80. The Kier molecular flexibility index (Phi) is 5.17. The van der Waals surface area contributed by atoms with Crippen LogP contribution in [-0.4, -0.2) is 38.9 Å². The number of hydrogen-bond acceptors (Lipinski definition) is 4. The number of aryl methyl sites for hydroxylation is 1. The number of carbonyl (C=O) groups excluding carboxylic acids is 1. The van der Waals surface area contributed by atoms with Crippen molar-refractivity contribution in [3.05, 3.63) is 17.0 Å². The second kappa shape index (κ2) is 6.69. The number of likely N-dealkylation sites (tertiary alicyclic amines) is 1. The van der Waals surface area contributed by atoms with Crippen LogP contribution >= 0.6 is 11.3 Å². The topological polar surface area (TPSA) is 66.5 Å². The SMILES string of the molecule is CCc1ccc(S(=O)(=O)NCCN2CCCCC2=O)s1. The predicted octanol–water partition coefficient (Wildman–Crippen LogP) is 1.60. The summed E-state index contributed by atoms with van der Waals surface area (Å²) in [5, 5.41) is 0. The molecule has 112 valence electrons. The van der Waals surface area contributed by atoms with Crippen LogP contribution < -0.4 is 4.72 Å². The maximum Gasteiger partial charge on any atom is 0.250 e. The minimum atomic E-state index is -3.44. The van der Waals surface area contributed by atoms with Gasteiger partial charge in [-0.1, -0.05) is 6.92 Å². The molecule has 1 N–H and O–H groups in total. The molecule has 1 aromatic rings. The van der Waals surface area contributed by atoms with Crippen LogP contribution in [0.15, 0.2) is 16.3 Å². The molecule has 1 fully saturated rings. The molecule has 0 radical (unpaired) electrons. The monoisotopic (exact) mass is 316 g/mol. The molecule has 7 heteroatoms. The van der Waals surface area contributed by atoms with Crippen LogP contribution in [0.5, 0.6) is 0 Å². The number of nitrogens with zero attached hydrogens (tertiary/aromatic N) is 1. The number of sulfonamides is 1. The summed E-state index contributed by atoms with van der Waals surface area (Å²) in [6, 6.07) is 3.48. The lowest BCUT2D eigenvalue weighted by Crippen LogP contribution is -2.40. The van der Waals surface area contributed by atoms with Crippen molar-refractivity contribution in [1.29, 1.82) is 0 Å². The van der Waals surface area contributed by atoms with Crippen LogP contribution in [0.3, 0.4) is 0 Å². The summed E-state index contributed by atoms with van der Waals surface area (Å²) in [7, 11) is -3.44. The van der Waals surface area contributed by atoms with Crippen molar-refractivity contribution in [2.75, 3.05) is 19.6 Å². The van der Waals surface area contributed by atoms with Gasteiger partial charge in [-0.25, -0.2) is 13.1 Å². The Morgan fingerprint density at radius 1 is 1.35 bits per heavy atom. The highest BCUT2D eigenvalue weighted by atomic mass is 32.2. The number of nitrogens with one attached hydrogen (secondary N) is 1. The van der Waals surface area contributed by atoms with Crippen molar-refractivity contribution in [2.24, 2.45) is 0 Å². The van der Waals surface area contributed by atoms with Gasteiger partial charge in [0.05, 0.1) is 0 Å². The number of carbonyl (C=O) groups is 1. The minimum absolute atomic E-state index is 0.125. The summed E-state index contributed by atoms with van der Waals surface area (Å²) in [5.41, 5.74) is 0. The van der Waals surface area contributed by atoms with Crippen molar-refractivity contribution in [3.8, 4) is 0 Å². The molecule has 0 aliphatic carbocycles. The van der Waals surface area contributed by atoms with Crippen molar-refractivity contribution in [1.82, 2.24) is 9.62 Å². The molecule has 0 unspecified atom stereocenters. The van der Waals surface area contributed by atoms with Gasteiger partial charge in [0, 0.05) is 30.9 Å². The fraction of sp³-hybridized carbons (Fsp3) is 0.615. The predicted molar refractivity (Wildman–Crippen MR) is 79.3 cm³/mol. The lowest BCUT2D eigenvalue weighted by atomic mass is 10.1. The molecule has 0 atom stereocenters. The fourth-order valence-electron chi connectivity index (χ4n) is 2.18. The maximum atomic E-state index is 12.1. The molecule has 1 aromatic heterocycles. The van der Waals surface area contributed by atoms with Gasteiger partial charge in [0.2, 0.25) is 15.9 Å². The van der Waals surface area contributed by atoms with E-state index in [2.05, 4.69) is 4.72 Å². The van der Waals surface area contributed by atoms with Crippen LogP contribution in [-0.2, 0) is 21.2 Å². The molecule has 2 rings (SSSR count). The molecule has 5 nitrogen and oxygen atoms in total. The summed E-state index contributed by atoms with van der Waals surface area (Å²) in [5.74, 6) is 0.125. The van der Waals surface area contributed by atoms with E-state index >= 15 is 0 Å². The molecular weight excluding hydrogens is 296 g/mol. The molecule has 0 bridgehead atoms. The first kappa shape index (κ1) is 15.5. The lowest BCUT2D eigenvalue weighted by molar-refractivity contribution is -0.133. The van der Waals surface area contributed by atoms with Gasteiger partial charge in [-0.3, -0.25) is 4.79 Å². The van der Waals surface area contributed by atoms with Crippen LogP contribution in [0.4, 0.5) is 0 Å². The Balaban J connectivity index is 1.87. The number of hydrogen-bond donors (Lipinski definition) is 1. The normalized spacial score (nSPS) is 16.6. The highest BCUT2D eigenvalue weighted by Crippen LogP contribution is 2.21. The summed E-state index contributed by atoms with van der Waals surface area (Å²) in [4.78, 5) is 14.4. The largest absolute Gasteiger partial charge is 0.341 e. The summed E-state index contributed by atoms with van der Waals surface area (Å²) < 4.78 is 27.1. The zero-order chi connectivity index (χ0) is 14.6. The first-order valence-corrected chi connectivity index (χ1v) is 9.19. The zero-order valence-corrected chi connectivity index (χ0v) is 13.2. The molecule has 1 aliphatic rings. The van der Waals surface area contributed by atoms with Crippen LogP contribution in [0.25, 0.3) is 0 Å². The van der Waals surface area contributed by atoms with E-state index in [1.807, 2.05) is 13.0 Å². The molecule has 1 amide bonds. The Morgan fingerprint density at radius 3 is 2.80 bits per heavy atom. The average Bonchev–Trinajstić information content (AvgIpc) is 2.90. The zero-order valence-electron chi connectivity index (χ0n) is 11.6. The molecule has 0 aromatic carbocycles. The third-order valence-corrected chi connectivity index (χ3v) is 6.53. The van der Waals surface area contributed by atoms with E-state index < -0.39 is 10.0 Å². The van der Waals surface area contributed by atoms with Crippen LogP contribution in [0, 0.1) is 0 Å². The van der Waals surface area contributed by atoms with Gasteiger partial charge in [-0.2, -0.15) is 0 Å². The van der Waals surface area contributed by atoms with Gasteiger partial charge >= 0.3 is 0 Å². The highest BCUT2D eigenvalue weighted by Gasteiger charge is 2.20. The molecule has 0 saturated carbocycles. The first-order valence-electron chi connectivity index (χ1n) is 6.89. The van der Waals surface area contributed by atoms with E-state index in [1.54, 1.807) is 11.0 Å². The van der Waals surface area contributed by atoms with E-state index in [0.29, 0.717) is 17.2 Å². The van der Waals surface area contributed by atoms with Crippen molar-refractivity contribution in [2.45, 2.75) is 36.8 Å². The van der Waals surface area contributed by atoms with Crippen molar-refractivity contribution in [3.63, 3.8) is 0 Å². The molecule has 1 saturated heterocycles. The van der Waals surface area contributed by atoms with Gasteiger partial charge in [0.25, 0.3) is 0 Å². The number of rotatable bonds is 6. The third-order valence-electron chi connectivity index (χ3n) is 3.35. The quantitative estimate of drug-likeness (QED) is 0.867. The number of amides is 1. The Hall–Kier alpha value is -0.920. The van der Waals surface area contributed by atoms with Crippen molar-refractivity contribution < 1.29 is 13.2 Å². The van der Waals surface area contributed by atoms with E-state index in [1.165, 1.54) is 11.3 Å². The highest BCUT2D eigenvalue weighted by molar-refractivity contribution is 7.91. The van der Waals surface area contributed by atoms with Crippen LogP contribution in [0.1, 0.15) is 31.1 Å². The Bertz CT molecular complexity index is 566. The summed E-state index contributed by atoms with van der Waals surface area (Å²) in [6.45, 7) is 3.45. The first-order chi connectivity index (χ1) is 9.53. The van der Waals surface area contributed by atoms with E-state index in [4.69, 9.17) is 0 Å². The standard InChI is InChI=1S/C13H20N2O3S2/c1-2-11-6-7-13(19-11)20(17,18)14-8-10-15-9-4-3-5-12(15)16/h6-7,14H,2-5,8-10H2,1H3. The van der Waals surface area contributed by atoms with Crippen LogP contribution in [0.2, 0.25) is 0 Å². The number of thiophene rings is 1. The molecule has 1 aliphatic heterocycles. The second-order valence-electron chi connectivity index (χ2n) is 4.81. The molecule has 2 heterocycles. The van der Waals surface area contributed by atoms with Gasteiger partial charge in [-0.15, -0.1) is 11.3 Å². The Morgan fingerprint density at radius 2 is 2.15 bits per heavy atom. The van der Waals surface area contributed by atoms with Gasteiger partial charge in [0.15, 0.2) is 0 Å². The van der Waals surface area contributed by atoms with Gasteiger partial charge < -0.3 is 4.90 Å². The fourth-order valence-corrected chi connectivity index (χ4v) is 4.54. The number of piperidine rings is 1. The van der Waals surface area contributed by atoms with Gasteiger partial charge in [0.1, 0.15) is 4.21 Å². The summed E-state index contributed by atoms with van der Waals surface area (Å²) >= 11 is 1.30. The van der Waals surface area contributed by atoms with E-state index in [-0.39, 0.29) is 12.5 Å². The molecule has 0 spiro atoms. The Labute approximate surface area is 124 Å². The average molecular weight is 316 g/mol. The second-order valence-corrected chi connectivity index (χ2v) is 7.97. The van der Waals surface area contributed by atoms with E-state index in [9.17, 15) is 13.2 Å². The summed E-state index contributed by atoms with van der Waals surface area (Å²) in [6.07, 6.45) is 3.36. The van der Waals surface area contributed by atoms with Gasteiger partial charge in [-0.05, 0) is 31.4 Å². The molecule has 20 heavy (non-hydrogen) atoms. The minimum Gasteiger partial charge on any atom is -0.341 e. The lowest BCUT2D eigenvalue weighted by Gasteiger charge is -2.26. The smallest absolute Gasteiger partial charge is 0.250 e. The van der Waals surface area contributed by atoms with E-state index in [0.717, 1.165) is 30.7 Å².